The summed E-state index contributed by atoms with van der Waals surface area (Å²) in [6.45, 7) is 2.48. The number of nitrogens with one attached hydrogen (secondary N) is 1. The fourth-order valence-electron chi connectivity index (χ4n) is 3.24. The predicted molar refractivity (Wildman–Crippen MR) is 88.9 cm³/mol. The van der Waals surface area contributed by atoms with E-state index in [0.717, 1.165) is 38.8 Å². The summed E-state index contributed by atoms with van der Waals surface area (Å²) in [6, 6.07) is 6.42. The average molecular weight is 332 g/mol. The van der Waals surface area contributed by atoms with Gasteiger partial charge in [-0.3, -0.25) is 0 Å². The number of halogens is 2. The Bertz CT molecular complexity index is 440. The number of hydrogen-bond acceptors (Lipinski definition) is 3. The quantitative estimate of drug-likeness (QED) is 0.754. The van der Waals surface area contributed by atoms with Gasteiger partial charge in [0.25, 0.3) is 0 Å². The van der Waals surface area contributed by atoms with Gasteiger partial charge in [-0.05, 0) is 56.3 Å². The molecule has 2 N–H and O–H groups in total. The third-order valence-corrected chi connectivity index (χ3v) is 4.45. The van der Waals surface area contributed by atoms with Crippen LogP contribution in [0.25, 0.3) is 0 Å². The number of hydrogen-bond donors (Lipinski definition) is 2. The lowest BCUT2D eigenvalue weighted by molar-refractivity contribution is -0.0436. The minimum absolute atomic E-state index is 0. The van der Waals surface area contributed by atoms with E-state index in [9.17, 15) is 9.50 Å². The lowest BCUT2D eigenvalue weighted by Gasteiger charge is -2.39. The van der Waals surface area contributed by atoms with Crippen molar-refractivity contribution in [2.45, 2.75) is 37.7 Å². The van der Waals surface area contributed by atoms with Crippen LogP contribution in [0.3, 0.4) is 0 Å². The van der Waals surface area contributed by atoms with Crippen LogP contribution in [-0.2, 0) is 10.3 Å². The van der Waals surface area contributed by atoms with E-state index >= 15 is 0 Å². The molecule has 5 heteroatoms. The topological polar surface area (TPSA) is 41.5 Å². The summed E-state index contributed by atoms with van der Waals surface area (Å²) < 4.78 is 18.6. The van der Waals surface area contributed by atoms with E-state index in [1.54, 1.807) is 13.2 Å². The predicted octanol–water partition coefficient (Wildman–Crippen LogP) is 3.25. The van der Waals surface area contributed by atoms with E-state index in [1.165, 1.54) is 12.1 Å². The molecule has 1 saturated heterocycles. The first-order chi connectivity index (χ1) is 10.2. The molecule has 22 heavy (non-hydrogen) atoms. The molecular weight excluding hydrogens is 305 g/mol. The molecule has 1 heterocycles. The molecule has 126 valence electrons. The Labute approximate surface area is 138 Å². The summed E-state index contributed by atoms with van der Waals surface area (Å²) >= 11 is 0. The molecule has 0 saturated carbocycles. The van der Waals surface area contributed by atoms with Gasteiger partial charge in [0.1, 0.15) is 5.82 Å². The normalized spacial score (nSPS) is 21.0. The van der Waals surface area contributed by atoms with Crippen molar-refractivity contribution in [3.63, 3.8) is 0 Å². The molecule has 0 spiro atoms. The number of rotatable bonds is 7. The Balaban J connectivity index is 0.00000242. The number of unbranched alkanes of at least 4 members (excludes halogenated alkanes) is 1. The van der Waals surface area contributed by atoms with Gasteiger partial charge in [-0.2, -0.15) is 0 Å². The first kappa shape index (κ1) is 19.4. The van der Waals surface area contributed by atoms with E-state index in [-0.39, 0.29) is 24.1 Å². The van der Waals surface area contributed by atoms with Crippen LogP contribution in [0, 0.1) is 11.7 Å². The van der Waals surface area contributed by atoms with Crippen LogP contribution in [0.4, 0.5) is 4.39 Å². The van der Waals surface area contributed by atoms with Crippen molar-refractivity contribution < 1.29 is 14.2 Å². The minimum atomic E-state index is -0.955. The van der Waals surface area contributed by atoms with Crippen LogP contribution >= 0.6 is 12.4 Å². The third kappa shape index (κ3) is 4.92. The molecular formula is C17H27ClFNO2. The molecule has 0 amide bonds. The summed E-state index contributed by atoms with van der Waals surface area (Å²) in [5.41, 5.74) is -0.253. The van der Waals surface area contributed by atoms with Crippen molar-refractivity contribution in [3.8, 4) is 0 Å². The molecule has 0 unspecified atom stereocenters. The first-order valence-corrected chi connectivity index (χ1v) is 7.85. The maximum atomic E-state index is 13.6. The van der Waals surface area contributed by atoms with Gasteiger partial charge in [0.15, 0.2) is 0 Å². The highest BCUT2D eigenvalue weighted by atomic mass is 35.5. The third-order valence-electron chi connectivity index (χ3n) is 4.45. The van der Waals surface area contributed by atoms with Crippen LogP contribution < -0.4 is 5.32 Å². The SMILES string of the molecule is COCCCC[C@@](O)(c1cccc(F)c1)[C@@H]1CCCNC1.Cl. The van der Waals surface area contributed by atoms with Crippen molar-refractivity contribution in [2.24, 2.45) is 5.92 Å². The molecule has 2 rings (SSSR count). The largest absolute Gasteiger partial charge is 0.385 e. The molecule has 1 fully saturated rings. The van der Waals surface area contributed by atoms with Gasteiger partial charge in [0.2, 0.25) is 0 Å². The molecule has 0 radical (unpaired) electrons. The van der Waals surface area contributed by atoms with Gasteiger partial charge in [-0.25, -0.2) is 4.39 Å². The van der Waals surface area contributed by atoms with E-state index in [1.807, 2.05) is 6.07 Å². The second-order valence-electron chi connectivity index (χ2n) is 5.93. The molecule has 2 atom stereocenters. The summed E-state index contributed by atoms with van der Waals surface area (Å²) in [7, 11) is 1.68. The van der Waals surface area contributed by atoms with Gasteiger partial charge >= 0.3 is 0 Å². The zero-order valence-electron chi connectivity index (χ0n) is 13.2. The molecule has 0 aliphatic carbocycles. The van der Waals surface area contributed by atoms with Crippen molar-refractivity contribution in [1.82, 2.24) is 5.32 Å². The summed E-state index contributed by atoms with van der Waals surface area (Å²) in [5.74, 6) is -0.151. The Hall–Kier alpha value is -0.680. The van der Waals surface area contributed by atoms with Crippen LogP contribution in [0.1, 0.15) is 37.7 Å². The Morgan fingerprint density at radius 3 is 2.86 bits per heavy atom. The van der Waals surface area contributed by atoms with Gasteiger partial charge in [-0.15, -0.1) is 12.4 Å². The van der Waals surface area contributed by atoms with Gasteiger partial charge in [0.05, 0.1) is 5.60 Å². The molecule has 3 nitrogen and oxygen atoms in total. The molecule has 1 aliphatic heterocycles. The number of methoxy groups -OCH3 is 1. The van der Waals surface area contributed by atoms with E-state index in [0.29, 0.717) is 18.6 Å². The molecule has 1 aliphatic rings. The van der Waals surface area contributed by atoms with E-state index in [4.69, 9.17) is 4.74 Å². The lowest BCUT2D eigenvalue weighted by atomic mass is 9.74. The molecule has 0 aromatic heterocycles. The second kappa shape index (κ2) is 9.46. The van der Waals surface area contributed by atoms with Crippen LogP contribution in [-0.4, -0.2) is 31.9 Å². The highest BCUT2D eigenvalue weighted by molar-refractivity contribution is 5.85. The van der Waals surface area contributed by atoms with Crippen LogP contribution in [0.2, 0.25) is 0 Å². The smallest absolute Gasteiger partial charge is 0.123 e. The maximum absolute atomic E-state index is 13.6. The maximum Gasteiger partial charge on any atom is 0.123 e. The second-order valence-corrected chi connectivity index (χ2v) is 5.93. The van der Waals surface area contributed by atoms with Gasteiger partial charge in [0, 0.05) is 26.2 Å². The zero-order chi connectivity index (χ0) is 15.1. The van der Waals surface area contributed by atoms with E-state index < -0.39 is 5.60 Å². The van der Waals surface area contributed by atoms with Gasteiger partial charge < -0.3 is 15.2 Å². The van der Waals surface area contributed by atoms with Crippen LogP contribution in [0.15, 0.2) is 24.3 Å². The Morgan fingerprint density at radius 2 is 2.23 bits per heavy atom. The highest BCUT2D eigenvalue weighted by Crippen LogP contribution is 2.38. The first-order valence-electron chi connectivity index (χ1n) is 7.85. The summed E-state index contributed by atoms with van der Waals surface area (Å²) in [5, 5.41) is 14.6. The number of ether oxygens (including phenoxy) is 1. The zero-order valence-corrected chi connectivity index (χ0v) is 14.0. The summed E-state index contributed by atoms with van der Waals surface area (Å²) in [4.78, 5) is 0. The van der Waals surface area contributed by atoms with Crippen molar-refractivity contribution in [2.75, 3.05) is 26.8 Å². The average Bonchev–Trinajstić information content (AvgIpc) is 2.52. The van der Waals surface area contributed by atoms with Crippen LogP contribution in [0.5, 0.6) is 0 Å². The highest BCUT2D eigenvalue weighted by Gasteiger charge is 2.38. The molecule has 0 bridgehead atoms. The fraction of sp³-hybridized carbons (Fsp3) is 0.647. The Morgan fingerprint density at radius 1 is 1.41 bits per heavy atom. The monoisotopic (exact) mass is 331 g/mol. The molecule has 1 aromatic carbocycles. The van der Waals surface area contributed by atoms with E-state index in [2.05, 4.69) is 5.32 Å². The Kier molecular flexibility index (Phi) is 8.33. The summed E-state index contributed by atoms with van der Waals surface area (Å²) in [6.07, 6.45) is 4.46. The standard InChI is InChI=1S/C17H26FNO2.ClH/c1-21-11-3-2-9-17(20,15-7-5-10-19-13-15)14-6-4-8-16(18)12-14;/h4,6,8,12,15,19-20H,2-3,5,7,9-11,13H2,1H3;1H/t15-,17-;/m1./s1. The number of aliphatic hydroxyl groups is 1. The number of benzene rings is 1. The fourth-order valence-corrected chi connectivity index (χ4v) is 3.24. The molecule has 1 aromatic rings. The van der Waals surface area contributed by atoms with Crippen molar-refractivity contribution in [1.29, 1.82) is 0 Å². The lowest BCUT2D eigenvalue weighted by Crippen LogP contribution is -2.44. The minimum Gasteiger partial charge on any atom is -0.385 e. The van der Waals surface area contributed by atoms with Crippen molar-refractivity contribution >= 4 is 12.4 Å². The number of piperidine rings is 1. The van der Waals surface area contributed by atoms with Crippen molar-refractivity contribution in [3.05, 3.63) is 35.6 Å². The van der Waals surface area contributed by atoms with Gasteiger partial charge in [-0.1, -0.05) is 12.1 Å².